The van der Waals surface area contributed by atoms with Gasteiger partial charge in [0.1, 0.15) is 5.01 Å². The first-order valence-electron chi connectivity index (χ1n) is 9.86. The highest BCUT2D eigenvalue weighted by Gasteiger charge is 2.56. The Morgan fingerprint density at radius 2 is 1.69 bits per heavy atom. The number of amides is 3. The topological polar surface area (TPSA) is 92.3 Å². The van der Waals surface area contributed by atoms with Crippen LogP contribution >= 0.6 is 11.3 Å². The molecule has 4 aliphatic rings. The third-order valence-electron chi connectivity index (χ3n) is 6.14. The van der Waals surface area contributed by atoms with E-state index >= 15 is 0 Å². The average molecular weight is 408 g/mol. The molecule has 1 N–H and O–H groups in total. The van der Waals surface area contributed by atoms with Gasteiger partial charge in [0.25, 0.3) is 5.91 Å². The predicted molar refractivity (Wildman–Crippen MR) is 109 cm³/mol. The Hall–Kier alpha value is -2.87. The number of carbonyl (C=O) groups excluding carboxylic acids is 3. The molecule has 1 aliphatic heterocycles. The second kappa shape index (κ2) is 6.88. The van der Waals surface area contributed by atoms with Crippen LogP contribution in [-0.4, -0.2) is 27.9 Å². The number of benzene rings is 1. The van der Waals surface area contributed by atoms with E-state index in [-0.39, 0.29) is 41.4 Å². The second-order valence-electron chi connectivity index (χ2n) is 7.71. The van der Waals surface area contributed by atoms with Gasteiger partial charge in [-0.3, -0.25) is 24.6 Å². The number of nitrogens with one attached hydrogen (secondary N) is 1. The van der Waals surface area contributed by atoms with Crippen LogP contribution < -0.4 is 10.2 Å². The molecular formula is C21H20N4O3S. The summed E-state index contributed by atoms with van der Waals surface area (Å²) in [7, 11) is 0. The van der Waals surface area contributed by atoms with Gasteiger partial charge in [-0.15, -0.1) is 10.2 Å². The summed E-state index contributed by atoms with van der Waals surface area (Å²) in [6, 6.07) is 6.58. The van der Waals surface area contributed by atoms with Crippen LogP contribution in [0.5, 0.6) is 0 Å². The maximum Gasteiger partial charge on any atom is 0.257 e. The highest BCUT2D eigenvalue weighted by molar-refractivity contribution is 7.15. The summed E-state index contributed by atoms with van der Waals surface area (Å²) in [6.07, 6.45) is 6.92. The Morgan fingerprint density at radius 3 is 2.21 bits per heavy atom. The monoisotopic (exact) mass is 408 g/mol. The fraction of sp³-hybridized carbons (Fsp3) is 0.381. The zero-order chi connectivity index (χ0) is 20.1. The van der Waals surface area contributed by atoms with Crippen LogP contribution in [0.4, 0.5) is 10.8 Å². The molecule has 1 aromatic heterocycles. The molecule has 2 bridgehead atoms. The molecule has 6 rings (SSSR count). The second-order valence-corrected chi connectivity index (χ2v) is 8.77. The number of carbonyl (C=O) groups is 3. The molecule has 7 nitrogen and oxygen atoms in total. The van der Waals surface area contributed by atoms with Crippen molar-refractivity contribution in [2.45, 2.75) is 26.2 Å². The van der Waals surface area contributed by atoms with Gasteiger partial charge in [0.05, 0.1) is 17.5 Å². The molecule has 1 saturated heterocycles. The standard InChI is InChI=1S/C21H20N4O3S/c1-2-15-23-24-21(29-15)22-18(26)13-7-9-14(10-8-13)25-19(27)16-11-3-4-12(6-5-11)17(16)20(25)28/h3-4,7-12,16-17H,2,5-6H2,1H3,(H,22,24,26). The Bertz CT molecular complexity index is 997. The molecule has 29 heavy (non-hydrogen) atoms. The van der Waals surface area contributed by atoms with E-state index in [4.69, 9.17) is 0 Å². The van der Waals surface area contributed by atoms with Crippen molar-refractivity contribution in [1.29, 1.82) is 0 Å². The fourth-order valence-corrected chi connectivity index (χ4v) is 5.38. The minimum atomic E-state index is -0.301. The minimum Gasteiger partial charge on any atom is -0.296 e. The summed E-state index contributed by atoms with van der Waals surface area (Å²) in [5, 5.41) is 12.0. The highest BCUT2D eigenvalue weighted by atomic mass is 32.1. The van der Waals surface area contributed by atoms with Crippen molar-refractivity contribution < 1.29 is 14.4 Å². The highest BCUT2D eigenvalue weighted by Crippen LogP contribution is 2.50. The molecule has 8 heteroatoms. The molecule has 2 fully saturated rings. The summed E-state index contributed by atoms with van der Waals surface area (Å²) in [5.41, 5.74) is 0.954. The van der Waals surface area contributed by atoms with Crippen LogP contribution in [-0.2, 0) is 16.0 Å². The van der Waals surface area contributed by atoms with Crippen LogP contribution in [0.25, 0.3) is 0 Å². The van der Waals surface area contributed by atoms with E-state index in [2.05, 4.69) is 27.7 Å². The molecule has 148 valence electrons. The van der Waals surface area contributed by atoms with Crippen molar-refractivity contribution in [3.63, 3.8) is 0 Å². The minimum absolute atomic E-state index is 0.114. The zero-order valence-electron chi connectivity index (χ0n) is 15.9. The molecule has 0 spiro atoms. The van der Waals surface area contributed by atoms with Gasteiger partial charge < -0.3 is 0 Å². The van der Waals surface area contributed by atoms with Crippen molar-refractivity contribution in [3.8, 4) is 0 Å². The van der Waals surface area contributed by atoms with Gasteiger partial charge in [0.15, 0.2) is 0 Å². The SMILES string of the molecule is CCc1nnc(NC(=O)c2ccc(N3C(=O)C4C5C=CC(CC5)C4C3=O)cc2)s1. The lowest BCUT2D eigenvalue weighted by molar-refractivity contribution is -0.124. The fourth-order valence-electron chi connectivity index (χ4n) is 4.71. The number of rotatable bonds is 4. The van der Waals surface area contributed by atoms with Crippen LogP contribution in [0, 0.1) is 23.7 Å². The van der Waals surface area contributed by atoms with Crippen molar-refractivity contribution >= 4 is 39.9 Å². The van der Waals surface area contributed by atoms with Gasteiger partial charge in [-0.25, -0.2) is 0 Å². The Labute approximate surface area is 171 Å². The number of allylic oxidation sites excluding steroid dienone is 2. The number of hydrogen-bond acceptors (Lipinski definition) is 6. The summed E-state index contributed by atoms with van der Waals surface area (Å²) in [4.78, 5) is 39.8. The lowest BCUT2D eigenvalue weighted by Gasteiger charge is -2.38. The Balaban J connectivity index is 1.34. The first-order chi connectivity index (χ1) is 14.1. The summed E-state index contributed by atoms with van der Waals surface area (Å²) < 4.78 is 0. The number of nitrogens with zero attached hydrogens (tertiary/aromatic N) is 3. The number of fused-ring (bicyclic) bond motifs is 1. The van der Waals surface area contributed by atoms with E-state index in [1.807, 2.05) is 6.92 Å². The van der Waals surface area contributed by atoms with Gasteiger partial charge in [-0.2, -0.15) is 0 Å². The molecule has 3 aliphatic carbocycles. The molecule has 4 atom stereocenters. The molecule has 4 unspecified atom stereocenters. The first kappa shape index (κ1) is 18.2. The molecule has 1 aromatic carbocycles. The third-order valence-corrected chi connectivity index (χ3v) is 7.12. The summed E-state index contributed by atoms with van der Waals surface area (Å²) in [5.74, 6) is -0.675. The van der Waals surface area contributed by atoms with Gasteiger partial charge in [0, 0.05) is 5.56 Å². The van der Waals surface area contributed by atoms with E-state index in [1.54, 1.807) is 24.3 Å². The molecule has 2 heterocycles. The molecule has 2 aromatic rings. The van der Waals surface area contributed by atoms with Crippen LogP contribution in [0.15, 0.2) is 36.4 Å². The molecule has 1 saturated carbocycles. The number of hydrogen-bond donors (Lipinski definition) is 1. The number of imide groups is 1. The predicted octanol–water partition coefficient (Wildman–Crippen LogP) is 3.05. The third kappa shape index (κ3) is 2.90. The number of aryl methyl sites for hydroxylation is 1. The Morgan fingerprint density at radius 1 is 1.07 bits per heavy atom. The van der Waals surface area contributed by atoms with Crippen LogP contribution in [0.2, 0.25) is 0 Å². The summed E-state index contributed by atoms with van der Waals surface area (Å²) >= 11 is 1.34. The maximum atomic E-state index is 13.0. The van der Waals surface area contributed by atoms with E-state index in [9.17, 15) is 14.4 Å². The smallest absolute Gasteiger partial charge is 0.257 e. The van der Waals surface area contributed by atoms with Crippen molar-refractivity contribution in [3.05, 3.63) is 47.0 Å². The van der Waals surface area contributed by atoms with E-state index < -0.39 is 0 Å². The lowest BCUT2D eigenvalue weighted by atomic mass is 9.63. The first-order valence-corrected chi connectivity index (χ1v) is 10.7. The normalized spacial score (nSPS) is 27.4. The van der Waals surface area contributed by atoms with E-state index in [1.165, 1.54) is 16.2 Å². The average Bonchev–Trinajstić information content (AvgIpc) is 3.32. The number of anilines is 2. The zero-order valence-corrected chi connectivity index (χ0v) is 16.7. The lowest BCUT2D eigenvalue weighted by Crippen LogP contribution is -2.38. The van der Waals surface area contributed by atoms with Crippen molar-refractivity contribution in [1.82, 2.24) is 10.2 Å². The van der Waals surface area contributed by atoms with Gasteiger partial charge >= 0.3 is 0 Å². The number of aromatic nitrogens is 2. The maximum absolute atomic E-state index is 13.0. The van der Waals surface area contributed by atoms with Gasteiger partial charge in [0.2, 0.25) is 16.9 Å². The van der Waals surface area contributed by atoms with Gasteiger partial charge in [-0.05, 0) is 55.4 Å². The largest absolute Gasteiger partial charge is 0.296 e. The van der Waals surface area contributed by atoms with E-state index in [0.717, 1.165) is 24.3 Å². The molecule has 0 radical (unpaired) electrons. The van der Waals surface area contributed by atoms with E-state index in [0.29, 0.717) is 16.4 Å². The van der Waals surface area contributed by atoms with Gasteiger partial charge in [-0.1, -0.05) is 30.4 Å². The van der Waals surface area contributed by atoms with Crippen LogP contribution in [0.3, 0.4) is 0 Å². The van der Waals surface area contributed by atoms with Crippen LogP contribution in [0.1, 0.15) is 35.1 Å². The Kier molecular flexibility index (Phi) is 4.31. The van der Waals surface area contributed by atoms with Crippen molar-refractivity contribution in [2.24, 2.45) is 23.7 Å². The van der Waals surface area contributed by atoms with Crippen molar-refractivity contribution in [2.75, 3.05) is 10.2 Å². The quantitative estimate of drug-likeness (QED) is 0.620. The summed E-state index contributed by atoms with van der Waals surface area (Å²) in [6.45, 7) is 1.98. The molecule has 3 amide bonds. The molecular weight excluding hydrogens is 388 g/mol.